The average Bonchev–Trinajstić information content (AvgIpc) is 3.02. The number of benzene rings is 1. The van der Waals surface area contributed by atoms with Crippen molar-refractivity contribution in [2.75, 3.05) is 0 Å². The Morgan fingerprint density at radius 3 is 2.40 bits per heavy atom. The number of carbonyl (C=O) groups excluding carboxylic acids is 1. The molecule has 1 amide bonds. The lowest BCUT2D eigenvalue weighted by molar-refractivity contribution is -0.112. The zero-order valence-electron chi connectivity index (χ0n) is 8.19. The van der Waals surface area contributed by atoms with E-state index in [1.807, 2.05) is 23.9 Å². The predicted molar refractivity (Wildman–Crippen MR) is 61.3 cm³/mol. The molecule has 3 nitrogen and oxygen atoms in total. The summed E-state index contributed by atoms with van der Waals surface area (Å²) in [5.74, 6) is -0.683. The van der Waals surface area contributed by atoms with Crippen LogP contribution in [-0.2, 0) is 4.79 Å². The van der Waals surface area contributed by atoms with Gasteiger partial charge in [0.2, 0.25) is 0 Å². The molecule has 1 aromatic carbocycles. The van der Waals surface area contributed by atoms with Crippen LogP contribution in [0.5, 0.6) is 0 Å². The number of hydrogen-bond acceptors (Lipinski definition) is 3. The van der Waals surface area contributed by atoms with Crippen molar-refractivity contribution in [2.24, 2.45) is 5.73 Å². The third-order valence-electron chi connectivity index (χ3n) is 2.22. The van der Waals surface area contributed by atoms with Gasteiger partial charge in [-0.3, -0.25) is 10.2 Å². The highest BCUT2D eigenvalue weighted by Crippen LogP contribution is 2.38. The first-order valence-corrected chi connectivity index (χ1v) is 5.70. The van der Waals surface area contributed by atoms with Crippen molar-refractivity contribution in [3.63, 3.8) is 0 Å². The van der Waals surface area contributed by atoms with E-state index in [2.05, 4.69) is 0 Å². The van der Waals surface area contributed by atoms with Gasteiger partial charge >= 0.3 is 0 Å². The topological polar surface area (TPSA) is 66.9 Å². The van der Waals surface area contributed by atoms with Crippen LogP contribution in [0, 0.1) is 5.41 Å². The van der Waals surface area contributed by atoms with Gasteiger partial charge in [0.15, 0.2) is 0 Å². The Morgan fingerprint density at radius 2 is 1.93 bits per heavy atom. The summed E-state index contributed by atoms with van der Waals surface area (Å²) in [5.41, 5.74) is 5.49. The summed E-state index contributed by atoms with van der Waals surface area (Å²) in [6, 6.07) is 7.43. The third kappa shape index (κ3) is 2.59. The van der Waals surface area contributed by atoms with Gasteiger partial charge in [-0.2, -0.15) is 0 Å². The highest BCUT2D eigenvalue weighted by atomic mass is 32.2. The Labute approximate surface area is 92.6 Å². The summed E-state index contributed by atoms with van der Waals surface area (Å²) >= 11 is 1.85. The van der Waals surface area contributed by atoms with E-state index in [-0.39, 0.29) is 5.71 Å². The Morgan fingerprint density at radius 1 is 1.33 bits per heavy atom. The van der Waals surface area contributed by atoms with E-state index in [1.54, 1.807) is 12.1 Å². The first-order valence-electron chi connectivity index (χ1n) is 4.82. The number of amides is 1. The molecule has 1 aromatic rings. The van der Waals surface area contributed by atoms with Crippen molar-refractivity contribution in [3.8, 4) is 0 Å². The van der Waals surface area contributed by atoms with Crippen LogP contribution in [0.4, 0.5) is 0 Å². The molecule has 78 valence electrons. The Bertz CT molecular complexity index is 396. The summed E-state index contributed by atoms with van der Waals surface area (Å²) in [5, 5.41) is 8.20. The number of carbonyl (C=O) groups is 1. The predicted octanol–water partition coefficient (Wildman–Crippen LogP) is 1.79. The lowest BCUT2D eigenvalue weighted by atomic mass is 10.1. The molecule has 0 spiro atoms. The van der Waals surface area contributed by atoms with E-state index in [4.69, 9.17) is 11.1 Å². The quantitative estimate of drug-likeness (QED) is 0.760. The second-order valence-electron chi connectivity index (χ2n) is 3.58. The fourth-order valence-corrected chi connectivity index (χ4v) is 2.27. The molecule has 0 atom stereocenters. The number of thioether (sulfide) groups is 1. The van der Waals surface area contributed by atoms with Crippen LogP contribution in [0.1, 0.15) is 18.4 Å². The van der Waals surface area contributed by atoms with Gasteiger partial charge in [-0.15, -0.1) is 11.8 Å². The molecule has 3 N–H and O–H groups in total. The van der Waals surface area contributed by atoms with Crippen molar-refractivity contribution in [2.45, 2.75) is 23.0 Å². The summed E-state index contributed by atoms with van der Waals surface area (Å²) in [7, 11) is 0. The molecular weight excluding hydrogens is 208 g/mol. The second-order valence-corrected chi connectivity index (χ2v) is 4.95. The molecule has 0 bridgehead atoms. The molecule has 4 heteroatoms. The zero-order valence-corrected chi connectivity index (χ0v) is 9.01. The van der Waals surface area contributed by atoms with Crippen molar-refractivity contribution >= 4 is 23.4 Å². The number of hydrogen-bond donors (Lipinski definition) is 2. The lowest BCUT2D eigenvalue weighted by Crippen LogP contribution is -2.22. The molecule has 15 heavy (non-hydrogen) atoms. The minimum atomic E-state index is -0.683. The van der Waals surface area contributed by atoms with Crippen molar-refractivity contribution in [1.29, 1.82) is 5.41 Å². The Balaban J connectivity index is 2.08. The van der Waals surface area contributed by atoms with Gasteiger partial charge in [-0.1, -0.05) is 12.1 Å². The minimum Gasteiger partial charge on any atom is -0.364 e. The fourth-order valence-electron chi connectivity index (χ4n) is 1.22. The molecule has 1 fully saturated rings. The summed E-state index contributed by atoms with van der Waals surface area (Å²) < 4.78 is 0. The Kier molecular flexibility index (Phi) is 2.77. The van der Waals surface area contributed by atoms with E-state index in [1.165, 1.54) is 17.7 Å². The molecule has 0 radical (unpaired) electrons. The summed E-state index contributed by atoms with van der Waals surface area (Å²) in [6.45, 7) is 0. The maximum atomic E-state index is 10.8. The van der Waals surface area contributed by atoms with Crippen LogP contribution in [-0.4, -0.2) is 16.9 Å². The molecule has 1 aliphatic carbocycles. The van der Waals surface area contributed by atoms with Gasteiger partial charge in [-0.25, -0.2) is 0 Å². The van der Waals surface area contributed by atoms with Gasteiger partial charge in [0, 0.05) is 15.7 Å². The molecule has 1 saturated carbocycles. The van der Waals surface area contributed by atoms with Gasteiger partial charge in [0.25, 0.3) is 5.91 Å². The lowest BCUT2D eigenvalue weighted by Gasteiger charge is -2.02. The largest absolute Gasteiger partial charge is 0.364 e. The first-order chi connectivity index (χ1) is 7.16. The first kappa shape index (κ1) is 10.2. The molecule has 0 unspecified atom stereocenters. The molecule has 2 rings (SSSR count). The van der Waals surface area contributed by atoms with Crippen LogP contribution >= 0.6 is 11.8 Å². The van der Waals surface area contributed by atoms with Gasteiger partial charge in [-0.05, 0) is 25.0 Å². The Hall–Kier alpha value is -1.29. The van der Waals surface area contributed by atoms with Crippen molar-refractivity contribution < 1.29 is 4.79 Å². The SMILES string of the molecule is N=C(C(N)=O)c1ccc(SC2CC2)cc1. The maximum Gasteiger partial charge on any atom is 0.267 e. The van der Waals surface area contributed by atoms with E-state index < -0.39 is 5.91 Å². The monoisotopic (exact) mass is 220 g/mol. The second kappa shape index (κ2) is 4.06. The fraction of sp³-hybridized carbons (Fsp3) is 0.273. The van der Waals surface area contributed by atoms with Crippen molar-refractivity contribution in [1.82, 2.24) is 0 Å². The van der Waals surface area contributed by atoms with Crippen molar-refractivity contribution in [3.05, 3.63) is 29.8 Å². The molecular formula is C11H12N2OS. The molecule has 0 aliphatic heterocycles. The van der Waals surface area contributed by atoms with Crippen LogP contribution < -0.4 is 5.73 Å². The normalized spacial score (nSPS) is 14.9. The zero-order chi connectivity index (χ0) is 10.8. The van der Waals surface area contributed by atoms with E-state index in [9.17, 15) is 4.79 Å². The third-order valence-corrected chi connectivity index (χ3v) is 3.57. The maximum absolute atomic E-state index is 10.8. The van der Waals surface area contributed by atoms with Crippen LogP contribution in [0.2, 0.25) is 0 Å². The summed E-state index contributed by atoms with van der Waals surface area (Å²) in [4.78, 5) is 12.0. The molecule has 0 saturated heterocycles. The molecule has 1 aliphatic rings. The molecule has 0 aromatic heterocycles. The van der Waals surface area contributed by atoms with Crippen LogP contribution in [0.25, 0.3) is 0 Å². The van der Waals surface area contributed by atoms with E-state index >= 15 is 0 Å². The number of nitrogens with one attached hydrogen (secondary N) is 1. The molecule has 0 heterocycles. The van der Waals surface area contributed by atoms with E-state index in [0.29, 0.717) is 5.56 Å². The van der Waals surface area contributed by atoms with Crippen LogP contribution in [0.3, 0.4) is 0 Å². The van der Waals surface area contributed by atoms with Gasteiger partial charge in [0.05, 0.1) is 0 Å². The van der Waals surface area contributed by atoms with Gasteiger partial charge < -0.3 is 5.73 Å². The van der Waals surface area contributed by atoms with E-state index in [0.717, 1.165) is 5.25 Å². The van der Waals surface area contributed by atoms with Crippen LogP contribution in [0.15, 0.2) is 29.2 Å². The minimum absolute atomic E-state index is 0.127. The number of primary amides is 1. The standard InChI is InChI=1S/C11H12N2OS/c12-10(11(13)14)7-1-3-8(4-2-7)15-9-5-6-9/h1-4,9,12H,5-6H2,(H2,13,14). The summed E-state index contributed by atoms with van der Waals surface area (Å²) in [6.07, 6.45) is 2.59. The average molecular weight is 220 g/mol. The van der Waals surface area contributed by atoms with Gasteiger partial charge in [0.1, 0.15) is 5.71 Å². The highest BCUT2D eigenvalue weighted by Gasteiger charge is 2.22. The highest BCUT2D eigenvalue weighted by molar-refractivity contribution is 8.00. The number of nitrogens with two attached hydrogens (primary N) is 1. The number of rotatable bonds is 4. The smallest absolute Gasteiger partial charge is 0.267 e.